The number of carbonyl (C=O) groups excluding carboxylic acids is 2. The van der Waals surface area contributed by atoms with Crippen LogP contribution >= 0.6 is 0 Å². The first-order valence-corrected chi connectivity index (χ1v) is 14.3. The molecule has 0 atom stereocenters. The van der Waals surface area contributed by atoms with E-state index in [1.165, 1.54) is 10.0 Å². The van der Waals surface area contributed by atoms with E-state index in [9.17, 15) is 9.59 Å². The Morgan fingerprint density at radius 3 is 1.18 bits per heavy atom. The lowest BCUT2D eigenvalue weighted by Crippen LogP contribution is -2.21. The first-order valence-electron chi connectivity index (χ1n) is 14.3. The Bertz CT molecular complexity index is 1710. The predicted molar refractivity (Wildman–Crippen MR) is 179 cm³/mol. The quantitative estimate of drug-likeness (QED) is 0.223. The third kappa shape index (κ3) is 5.78. The van der Waals surface area contributed by atoms with Gasteiger partial charge in [0.2, 0.25) is 0 Å². The van der Waals surface area contributed by atoms with Crippen LogP contribution in [0.5, 0.6) is 0 Å². The lowest BCUT2D eigenvalue weighted by molar-refractivity contribution is -0.115. The fourth-order valence-corrected chi connectivity index (χ4v) is 4.92. The summed E-state index contributed by atoms with van der Waals surface area (Å²) >= 11 is 0. The van der Waals surface area contributed by atoms with E-state index < -0.39 is 0 Å². The lowest BCUT2D eigenvalue weighted by Gasteiger charge is -2.12. The molecule has 0 saturated heterocycles. The Kier molecular flexibility index (Phi) is 7.64. The highest BCUT2D eigenvalue weighted by atomic mass is 16.2. The summed E-state index contributed by atoms with van der Waals surface area (Å²) in [5.74, 6) is -0.327. The van der Waals surface area contributed by atoms with Crippen LogP contribution < -0.4 is 20.7 Å². The van der Waals surface area contributed by atoms with Crippen molar-refractivity contribution in [1.82, 2.24) is 0 Å². The summed E-state index contributed by atoms with van der Waals surface area (Å²) in [5.41, 5.74) is 9.93. The zero-order valence-electron chi connectivity index (χ0n) is 25.0. The molecule has 0 spiro atoms. The molecule has 2 aliphatic rings. The van der Waals surface area contributed by atoms with Gasteiger partial charge in [-0.3, -0.25) is 9.59 Å². The number of amides is 2. The average Bonchev–Trinajstić information content (AvgIpc) is 3.48. The predicted octanol–water partition coefficient (Wildman–Crippen LogP) is 7.41. The molecule has 4 aromatic rings. The van der Waals surface area contributed by atoms with Gasteiger partial charge in [-0.15, -0.1) is 0 Å². The Hall–Kier alpha value is -5.76. The van der Waals surface area contributed by atoms with Gasteiger partial charge in [0.25, 0.3) is 11.8 Å². The van der Waals surface area contributed by atoms with Gasteiger partial charge >= 0.3 is 0 Å². The number of carbonyl (C=O) groups is 2. The minimum Gasteiger partial charge on any atom is -0.361 e. The second-order valence-electron chi connectivity index (χ2n) is 10.8. The number of aryl methyl sites for hydroxylation is 2. The van der Waals surface area contributed by atoms with Gasteiger partial charge in [-0.1, -0.05) is 59.7 Å². The Morgan fingerprint density at radius 1 is 0.500 bits per heavy atom. The van der Waals surface area contributed by atoms with Gasteiger partial charge in [-0.2, -0.15) is 20.2 Å². The third-order valence-corrected chi connectivity index (χ3v) is 7.55. The molecule has 0 radical (unpaired) electrons. The maximum Gasteiger partial charge on any atom is 0.282 e. The Labute approximate surface area is 256 Å². The molecular formula is C36H32N6O2. The van der Waals surface area contributed by atoms with E-state index in [1.807, 2.05) is 125 Å². The number of rotatable bonds is 7. The smallest absolute Gasteiger partial charge is 0.282 e. The van der Waals surface area contributed by atoms with Gasteiger partial charge in [0.05, 0.1) is 33.9 Å². The van der Waals surface area contributed by atoms with E-state index in [0.29, 0.717) is 22.6 Å². The lowest BCUT2D eigenvalue weighted by atomic mass is 10.0. The minimum atomic E-state index is -0.164. The van der Waals surface area contributed by atoms with Gasteiger partial charge in [-0.05, 0) is 87.4 Å². The topological polar surface area (TPSA) is 89.4 Å². The first-order chi connectivity index (χ1) is 21.3. The number of nitrogens with zero attached hydrogens (tertiary/aromatic N) is 4. The molecule has 0 fully saturated rings. The number of benzene rings is 4. The number of nitrogens with one attached hydrogen (secondary N) is 2. The monoisotopic (exact) mass is 580 g/mol. The van der Waals surface area contributed by atoms with Crippen LogP contribution in [0, 0.1) is 13.8 Å². The van der Waals surface area contributed by atoms with Gasteiger partial charge < -0.3 is 10.6 Å². The van der Waals surface area contributed by atoms with Gasteiger partial charge in [0.15, 0.2) is 0 Å². The molecule has 8 nitrogen and oxygen atoms in total. The van der Waals surface area contributed by atoms with Crippen molar-refractivity contribution in [3.8, 4) is 11.1 Å². The van der Waals surface area contributed by atoms with Crippen LogP contribution in [0.25, 0.3) is 11.1 Å². The van der Waals surface area contributed by atoms with Crippen LogP contribution in [-0.2, 0) is 9.59 Å². The van der Waals surface area contributed by atoms with Crippen molar-refractivity contribution in [3.63, 3.8) is 0 Å². The number of hydrazone groups is 2. The van der Waals surface area contributed by atoms with Gasteiger partial charge in [0.1, 0.15) is 0 Å². The van der Waals surface area contributed by atoms with E-state index >= 15 is 0 Å². The van der Waals surface area contributed by atoms with Crippen LogP contribution in [0.15, 0.2) is 131 Å². The van der Waals surface area contributed by atoms with Crippen molar-refractivity contribution in [1.29, 1.82) is 0 Å². The molecule has 0 aliphatic carbocycles. The first kappa shape index (κ1) is 28.4. The molecule has 0 saturated carbocycles. The molecule has 2 heterocycles. The Morgan fingerprint density at radius 2 is 0.841 bits per heavy atom. The largest absolute Gasteiger partial charge is 0.361 e. The standard InChI is InChI=1S/C36H32N6O2/c1-23-5-17-31(18-6-23)41-35(43)33(25(3)39-41)21-37-29-13-9-27(10-14-29)28-11-15-30(16-12-28)38-22-34-26(4)40-42(36(34)44)32-19-7-24(2)8-20-32/h5-22,37-38H,1-4H3/b33-21+,34-22+. The van der Waals surface area contributed by atoms with E-state index in [0.717, 1.165) is 45.0 Å². The molecule has 4 aromatic carbocycles. The molecule has 8 heteroatoms. The summed E-state index contributed by atoms with van der Waals surface area (Å²) in [6.07, 6.45) is 3.42. The molecule has 2 aliphatic heterocycles. The second kappa shape index (κ2) is 11.9. The van der Waals surface area contributed by atoms with Crippen molar-refractivity contribution < 1.29 is 9.59 Å². The highest BCUT2D eigenvalue weighted by Crippen LogP contribution is 2.27. The van der Waals surface area contributed by atoms with Crippen molar-refractivity contribution >= 4 is 46.0 Å². The molecule has 6 rings (SSSR count). The van der Waals surface area contributed by atoms with Crippen LogP contribution in [0.3, 0.4) is 0 Å². The van der Waals surface area contributed by atoms with Crippen LogP contribution in [0.2, 0.25) is 0 Å². The normalized spacial score (nSPS) is 16.5. The highest BCUT2D eigenvalue weighted by Gasteiger charge is 2.29. The van der Waals surface area contributed by atoms with E-state index in [4.69, 9.17) is 0 Å². The number of hydrogen-bond acceptors (Lipinski definition) is 6. The molecule has 0 aromatic heterocycles. The summed E-state index contributed by atoms with van der Waals surface area (Å²) in [5, 5.41) is 18.2. The maximum absolute atomic E-state index is 13.0. The van der Waals surface area contributed by atoms with Gasteiger partial charge in [-0.25, -0.2) is 0 Å². The van der Waals surface area contributed by atoms with E-state index in [-0.39, 0.29) is 11.8 Å². The number of anilines is 4. The van der Waals surface area contributed by atoms with Crippen LogP contribution in [0.4, 0.5) is 22.7 Å². The fraction of sp³-hybridized carbons (Fsp3) is 0.111. The third-order valence-electron chi connectivity index (χ3n) is 7.55. The fourth-order valence-electron chi connectivity index (χ4n) is 4.92. The minimum absolute atomic E-state index is 0.164. The summed E-state index contributed by atoms with van der Waals surface area (Å²) in [7, 11) is 0. The van der Waals surface area contributed by atoms with E-state index in [2.05, 4.69) is 20.8 Å². The molecule has 218 valence electrons. The van der Waals surface area contributed by atoms with Crippen LogP contribution in [0.1, 0.15) is 25.0 Å². The zero-order chi connectivity index (χ0) is 30.8. The molecule has 0 bridgehead atoms. The zero-order valence-corrected chi connectivity index (χ0v) is 25.0. The molecule has 2 amide bonds. The SMILES string of the molecule is CC1=NN(c2ccc(C)cc2)C(=O)/C1=C/Nc1ccc(-c2ccc(N/C=C3/C(=O)N(c4ccc(C)cc4)N=C3C)cc2)cc1. The second-order valence-corrected chi connectivity index (χ2v) is 10.8. The average molecular weight is 581 g/mol. The molecule has 0 unspecified atom stereocenters. The number of hydrogen-bond donors (Lipinski definition) is 2. The van der Waals surface area contributed by atoms with Gasteiger partial charge in [0, 0.05) is 23.8 Å². The van der Waals surface area contributed by atoms with Crippen molar-refractivity contribution in [3.05, 3.63) is 132 Å². The van der Waals surface area contributed by atoms with Crippen molar-refractivity contribution in [2.24, 2.45) is 10.2 Å². The highest BCUT2D eigenvalue weighted by molar-refractivity contribution is 6.30. The molecular weight excluding hydrogens is 548 g/mol. The summed E-state index contributed by atoms with van der Waals surface area (Å²) in [6.45, 7) is 7.68. The van der Waals surface area contributed by atoms with Crippen molar-refractivity contribution in [2.45, 2.75) is 27.7 Å². The van der Waals surface area contributed by atoms with E-state index in [1.54, 1.807) is 12.4 Å². The molecule has 44 heavy (non-hydrogen) atoms. The summed E-state index contributed by atoms with van der Waals surface area (Å²) in [4.78, 5) is 26.0. The van der Waals surface area contributed by atoms with Crippen molar-refractivity contribution in [2.75, 3.05) is 20.7 Å². The van der Waals surface area contributed by atoms with Crippen LogP contribution in [-0.4, -0.2) is 23.2 Å². The Balaban J connectivity index is 1.08. The molecule has 2 N–H and O–H groups in total. The summed E-state index contributed by atoms with van der Waals surface area (Å²) < 4.78 is 0. The maximum atomic E-state index is 13.0. The summed E-state index contributed by atoms with van der Waals surface area (Å²) in [6, 6.07) is 31.4.